The minimum absolute atomic E-state index is 0.128. The highest BCUT2D eigenvalue weighted by atomic mass is 32.2. The van der Waals surface area contributed by atoms with E-state index in [2.05, 4.69) is 18.9 Å². The van der Waals surface area contributed by atoms with Crippen molar-refractivity contribution in [1.82, 2.24) is 4.90 Å². The van der Waals surface area contributed by atoms with E-state index in [9.17, 15) is 21.6 Å². The number of allylic oxidation sites excluding steroid dienone is 1. The lowest BCUT2D eigenvalue weighted by atomic mass is 9.97. The summed E-state index contributed by atoms with van der Waals surface area (Å²) in [6.07, 6.45) is -1.50. The zero-order valence-corrected chi connectivity index (χ0v) is 19.3. The predicted molar refractivity (Wildman–Crippen MR) is 119 cm³/mol. The van der Waals surface area contributed by atoms with Crippen molar-refractivity contribution in [3.63, 3.8) is 0 Å². The van der Waals surface area contributed by atoms with E-state index in [-0.39, 0.29) is 9.80 Å². The van der Waals surface area contributed by atoms with Crippen molar-refractivity contribution in [1.29, 1.82) is 0 Å². The van der Waals surface area contributed by atoms with Crippen LogP contribution >= 0.6 is 0 Å². The molecule has 0 aliphatic carbocycles. The Kier molecular flexibility index (Phi) is 7.35. The Bertz CT molecular complexity index is 1090. The molecule has 0 fully saturated rings. The fourth-order valence-electron chi connectivity index (χ4n) is 3.86. The number of fused-ring (bicyclic) bond motifs is 1. The van der Waals surface area contributed by atoms with E-state index in [4.69, 9.17) is 4.74 Å². The highest BCUT2D eigenvalue weighted by molar-refractivity contribution is 7.95. The Labute approximate surface area is 187 Å². The monoisotopic (exact) mass is 467 g/mol. The van der Waals surface area contributed by atoms with Crippen LogP contribution in [0.3, 0.4) is 0 Å². The van der Waals surface area contributed by atoms with Crippen LogP contribution in [-0.4, -0.2) is 40.1 Å². The third kappa shape index (κ3) is 5.18. The lowest BCUT2D eigenvalue weighted by Gasteiger charge is -2.15. The number of hydrogen-bond acceptors (Lipinski definition) is 4. The van der Waals surface area contributed by atoms with Gasteiger partial charge in [-0.2, -0.15) is 13.2 Å². The van der Waals surface area contributed by atoms with Crippen molar-refractivity contribution >= 4 is 15.4 Å². The first-order valence-corrected chi connectivity index (χ1v) is 12.1. The van der Waals surface area contributed by atoms with Gasteiger partial charge < -0.3 is 9.64 Å². The van der Waals surface area contributed by atoms with E-state index >= 15 is 0 Å². The number of nitrogens with zero attached hydrogens (tertiary/aromatic N) is 1. The summed E-state index contributed by atoms with van der Waals surface area (Å²) in [5, 5.41) is 0. The molecule has 1 aliphatic heterocycles. The molecule has 0 amide bonds. The summed E-state index contributed by atoms with van der Waals surface area (Å²) < 4.78 is 70.3. The molecule has 0 N–H and O–H groups in total. The van der Waals surface area contributed by atoms with E-state index in [1.54, 1.807) is 12.1 Å². The average Bonchev–Trinajstić information content (AvgIpc) is 2.93. The topological polar surface area (TPSA) is 46.6 Å². The fraction of sp³-hybridized carbons (Fsp3) is 0.417. The molecule has 3 rings (SSSR count). The van der Waals surface area contributed by atoms with Gasteiger partial charge in [-0.3, -0.25) is 0 Å². The van der Waals surface area contributed by atoms with Crippen molar-refractivity contribution in [2.45, 2.75) is 44.2 Å². The third-order valence-corrected chi connectivity index (χ3v) is 7.50. The van der Waals surface area contributed by atoms with Crippen LogP contribution in [0, 0.1) is 0 Å². The van der Waals surface area contributed by atoms with Crippen LogP contribution in [0.1, 0.15) is 49.8 Å². The van der Waals surface area contributed by atoms with Gasteiger partial charge in [-0.1, -0.05) is 19.1 Å². The molecule has 0 saturated heterocycles. The molecule has 4 nitrogen and oxygen atoms in total. The quantitative estimate of drug-likeness (QED) is 0.439. The summed E-state index contributed by atoms with van der Waals surface area (Å²) in [6.45, 7) is 6.14. The zero-order chi connectivity index (χ0) is 23.5. The second-order valence-electron chi connectivity index (χ2n) is 8.03. The minimum atomic E-state index is -4.45. The molecule has 0 saturated carbocycles. The van der Waals surface area contributed by atoms with Crippen LogP contribution in [-0.2, 0) is 16.0 Å². The molecule has 0 spiro atoms. The second-order valence-corrected chi connectivity index (χ2v) is 10.1. The van der Waals surface area contributed by atoms with Crippen LogP contribution in [0.4, 0.5) is 13.2 Å². The van der Waals surface area contributed by atoms with Crippen LogP contribution in [0.5, 0.6) is 5.75 Å². The Morgan fingerprint density at radius 3 is 2.31 bits per heavy atom. The van der Waals surface area contributed by atoms with E-state index in [0.29, 0.717) is 29.1 Å². The zero-order valence-electron chi connectivity index (χ0n) is 18.5. The maximum atomic E-state index is 13.0. The normalized spacial score (nSPS) is 15.3. The summed E-state index contributed by atoms with van der Waals surface area (Å²) >= 11 is 0. The number of halogens is 3. The summed E-state index contributed by atoms with van der Waals surface area (Å²) in [5.41, 5.74) is 0.572. The molecular formula is C24H28F3NO3S. The van der Waals surface area contributed by atoms with Crippen molar-refractivity contribution in [3.8, 4) is 5.75 Å². The van der Waals surface area contributed by atoms with Crippen LogP contribution < -0.4 is 4.74 Å². The number of alkyl halides is 3. The van der Waals surface area contributed by atoms with Crippen LogP contribution in [0.15, 0.2) is 52.3 Å². The second kappa shape index (κ2) is 9.67. The molecule has 0 unspecified atom stereocenters. The molecule has 8 heteroatoms. The number of benzene rings is 2. The van der Waals surface area contributed by atoms with E-state index < -0.39 is 21.6 Å². The van der Waals surface area contributed by atoms with Gasteiger partial charge in [0.15, 0.2) is 0 Å². The molecule has 0 atom stereocenters. The molecule has 174 valence electrons. The number of unbranched alkanes of at least 4 members (excludes halogenated alkanes) is 1. The number of ether oxygens (including phenoxy) is 1. The lowest BCUT2D eigenvalue weighted by molar-refractivity contribution is -0.137. The molecule has 32 heavy (non-hydrogen) atoms. The van der Waals surface area contributed by atoms with E-state index in [0.717, 1.165) is 44.5 Å². The number of sulfone groups is 1. The van der Waals surface area contributed by atoms with E-state index in [1.807, 2.05) is 0 Å². The Balaban J connectivity index is 1.75. The van der Waals surface area contributed by atoms with Gasteiger partial charge in [-0.15, -0.1) is 0 Å². The Morgan fingerprint density at radius 2 is 1.69 bits per heavy atom. The summed E-state index contributed by atoms with van der Waals surface area (Å²) in [6, 6.07) is 9.44. The molecule has 1 heterocycles. The summed E-state index contributed by atoms with van der Waals surface area (Å²) in [7, 11) is -1.64. The molecule has 2 aromatic rings. The number of rotatable bonds is 9. The first kappa shape index (κ1) is 24.3. The predicted octanol–water partition coefficient (Wildman–Crippen LogP) is 5.77. The Hall–Kier alpha value is -2.32. The molecule has 0 aromatic heterocycles. The number of hydrogen-bond donors (Lipinski definition) is 0. The van der Waals surface area contributed by atoms with Crippen molar-refractivity contribution < 1.29 is 26.3 Å². The maximum absolute atomic E-state index is 13.0. The molecule has 0 bridgehead atoms. The largest absolute Gasteiger partial charge is 0.494 e. The van der Waals surface area contributed by atoms with E-state index in [1.165, 1.54) is 25.1 Å². The SMILES string of the molecule is CCCN(C)CCCCOc1ccc2c(c1)S(=O)(=O)C(C)=C2c1ccc(C(F)(F)F)cc1. The van der Waals surface area contributed by atoms with Crippen molar-refractivity contribution in [2.75, 3.05) is 26.7 Å². The van der Waals surface area contributed by atoms with Crippen LogP contribution in [0.2, 0.25) is 0 Å². The maximum Gasteiger partial charge on any atom is 0.416 e. The first-order valence-electron chi connectivity index (χ1n) is 10.6. The highest BCUT2D eigenvalue weighted by Gasteiger charge is 2.35. The van der Waals surface area contributed by atoms with Gasteiger partial charge in [0.2, 0.25) is 9.84 Å². The molecule has 0 radical (unpaired) electrons. The lowest BCUT2D eigenvalue weighted by Crippen LogP contribution is -2.20. The first-order chi connectivity index (χ1) is 15.1. The van der Waals surface area contributed by atoms with Gasteiger partial charge in [-0.05, 0) is 82.2 Å². The minimum Gasteiger partial charge on any atom is -0.494 e. The standard InChI is InChI=1S/C24H28F3NO3S/c1-4-13-28(3)14-5-6-15-31-20-11-12-21-22(16-20)32(29,30)17(2)23(21)18-7-9-19(10-8-18)24(25,26)27/h7-12,16H,4-6,13-15H2,1-3H3. The fourth-order valence-corrected chi connectivity index (χ4v) is 5.42. The van der Waals surface area contributed by atoms with Gasteiger partial charge in [0, 0.05) is 11.1 Å². The Morgan fingerprint density at radius 1 is 1.00 bits per heavy atom. The van der Waals surface area contributed by atoms with Gasteiger partial charge in [-0.25, -0.2) is 8.42 Å². The van der Waals surface area contributed by atoms with Gasteiger partial charge in [0.25, 0.3) is 0 Å². The smallest absolute Gasteiger partial charge is 0.416 e. The summed E-state index contributed by atoms with van der Waals surface area (Å²) in [5.74, 6) is 0.468. The van der Waals surface area contributed by atoms with Crippen molar-refractivity contribution in [3.05, 3.63) is 64.1 Å². The third-order valence-electron chi connectivity index (χ3n) is 5.58. The molecular weight excluding hydrogens is 439 g/mol. The summed E-state index contributed by atoms with van der Waals surface area (Å²) in [4.78, 5) is 2.52. The van der Waals surface area contributed by atoms with Crippen LogP contribution in [0.25, 0.3) is 5.57 Å². The average molecular weight is 468 g/mol. The van der Waals surface area contributed by atoms with Gasteiger partial charge in [0.05, 0.1) is 22.0 Å². The van der Waals surface area contributed by atoms with Gasteiger partial charge in [0.1, 0.15) is 5.75 Å². The van der Waals surface area contributed by atoms with Gasteiger partial charge >= 0.3 is 6.18 Å². The van der Waals surface area contributed by atoms with Crippen molar-refractivity contribution in [2.24, 2.45) is 0 Å². The molecule has 1 aliphatic rings. The molecule has 2 aromatic carbocycles. The highest BCUT2D eigenvalue weighted by Crippen LogP contribution is 2.44.